The Hall–Kier alpha value is -2.24. The minimum atomic E-state index is -0.409. The van der Waals surface area contributed by atoms with E-state index in [2.05, 4.69) is 22.5 Å². The first-order valence-electron chi connectivity index (χ1n) is 6.44. The summed E-state index contributed by atoms with van der Waals surface area (Å²) in [4.78, 5) is 16.0. The largest absolute Gasteiger partial charge is 0.496 e. The molecule has 0 aromatic heterocycles. The number of rotatable bonds is 4. The first-order chi connectivity index (χ1) is 9.63. The monoisotopic (exact) mass is 277 g/mol. The number of carbonyl (C=O) groups is 1. The molecule has 2 N–H and O–H groups in total. The molecule has 1 atom stereocenters. The van der Waals surface area contributed by atoms with Gasteiger partial charge in [-0.25, -0.2) is 4.79 Å². The Bertz CT molecular complexity index is 528. The number of benzene rings is 1. The Balaban J connectivity index is 2.07. The van der Waals surface area contributed by atoms with E-state index in [4.69, 9.17) is 9.47 Å². The number of nitrogens with one attached hydrogen (secondary N) is 2. The van der Waals surface area contributed by atoms with Gasteiger partial charge in [0, 0.05) is 12.6 Å². The zero-order valence-corrected chi connectivity index (χ0v) is 11.9. The van der Waals surface area contributed by atoms with Gasteiger partial charge >= 0.3 is 5.97 Å². The summed E-state index contributed by atoms with van der Waals surface area (Å²) in [5, 5.41) is 6.41. The molecule has 108 valence electrons. The summed E-state index contributed by atoms with van der Waals surface area (Å²) in [6, 6.07) is 5.78. The molecule has 1 aromatic carbocycles. The maximum Gasteiger partial charge on any atom is 0.341 e. The topological polar surface area (TPSA) is 72.0 Å². The SMILES string of the molecule is COC(=O)c1cc(CNC2=NCC(C)N2)ccc1OC. The number of carbonyl (C=O) groups excluding carboxylic acids is 1. The summed E-state index contributed by atoms with van der Waals surface area (Å²) in [5.41, 5.74) is 1.37. The highest BCUT2D eigenvalue weighted by Crippen LogP contribution is 2.20. The molecule has 0 aliphatic carbocycles. The van der Waals surface area contributed by atoms with Crippen molar-refractivity contribution in [1.29, 1.82) is 0 Å². The van der Waals surface area contributed by atoms with Crippen LogP contribution in [-0.4, -0.2) is 38.7 Å². The van der Waals surface area contributed by atoms with Gasteiger partial charge in [-0.15, -0.1) is 0 Å². The van der Waals surface area contributed by atoms with Gasteiger partial charge < -0.3 is 20.1 Å². The number of esters is 1. The summed E-state index contributed by atoms with van der Waals surface area (Å²) >= 11 is 0. The molecule has 6 nitrogen and oxygen atoms in total. The van der Waals surface area contributed by atoms with E-state index in [0.29, 0.717) is 23.9 Å². The number of hydrogen-bond acceptors (Lipinski definition) is 6. The fourth-order valence-corrected chi connectivity index (χ4v) is 1.98. The van der Waals surface area contributed by atoms with Gasteiger partial charge in [-0.05, 0) is 24.6 Å². The molecule has 20 heavy (non-hydrogen) atoms. The Kier molecular flexibility index (Phi) is 4.45. The van der Waals surface area contributed by atoms with Gasteiger partial charge in [-0.3, -0.25) is 4.99 Å². The molecule has 2 rings (SSSR count). The maximum atomic E-state index is 11.7. The number of ether oxygens (including phenoxy) is 2. The van der Waals surface area contributed by atoms with E-state index in [0.717, 1.165) is 18.1 Å². The molecule has 0 saturated carbocycles. The van der Waals surface area contributed by atoms with Crippen LogP contribution >= 0.6 is 0 Å². The van der Waals surface area contributed by atoms with Crippen molar-refractivity contribution in [1.82, 2.24) is 10.6 Å². The van der Waals surface area contributed by atoms with Crippen LogP contribution in [-0.2, 0) is 11.3 Å². The van der Waals surface area contributed by atoms with Crippen LogP contribution in [0.15, 0.2) is 23.2 Å². The van der Waals surface area contributed by atoms with Crippen LogP contribution in [0.2, 0.25) is 0 Å². The Morgan fingerprint density at radius 1 is 1.50 bits per heavy atom. The Morgan fingerprint density at radius 2 is 2.30 bits per heavy atom. The second-order valence-electron chi connectivity index (χ2n) is 4.61. The zero-order valence-electron chi connectivity index (χ0n) is 11.9. The molecule has 6 heteroatoms. The quantitative estimate of drug-likeness (QED) is 0.801. The fourth-order valence-electron chi connectivity index (χ4n) is 1.98. The van der Waals surface area contributed by atoms with E-state index in [1.54, 1.807) is 12.1 Å². The van der Waals surface area contributed by atoms with Crippen LogP contribution in [0.5, 0.6) is 5.75 Å². The van der Waals surface area contributed by atoms with Crippen LogP contribution in [0.25, 0.3) is 0 Å². The number of methoxy groups -OCH3 is 2. The van der Waals surface area contributed by atoms with E-state index in [9.17, 15) is 4.79 Å². The van der Waals surface area contributed by atoms with Crippen LogP contribution in [0.1, 0.15) is 22.8 Å². The van der Waals surface area contributed by atoms with Crippen molar-refractivity contribution in [3.8, 4) is 5.75 Å². The van der Waals surface area contributed by atoms with Crippen LogP contribution in [0.4, 0.5) is 0 Å². The average Bonchev–Trinajstić information content (AvgIpc) is 2.89. The molecule has 1 unspecified atom stereocenters. The molecular weight excluding hydrogens is 258 g/mol. The smallest absolute Gasteiger partial charge is 0.341 e. The molecule has 0 bridgehead atoms. The average molecular weight is 277 g/mol. The first-order valence-corrected chi connectivity index (χ1v) is 6.44. The normalized spacial score (nSPS) is 17.1. The lowest BCUT2D eigenvalue weighted by Gasteiger charge is -2.11. The fraction of sp³-hybridized carbons (Fsp3) is 0.429. The molecule has 0 spiro atoms. The van der Waals surface area contributed by atoms with Crippen molar-refractivity contribution in [3.63, 3.8) is 0 Å². The van der Waals surface area contributed by atoms with E-state index in [1.807, 2.05) is 6.07 Å². The predicted molar refractivity (Wildman–Crippen MR) is 76.1 cm³/mol. The third-order valence-corrected chi connectivity index (χ3v) is 3.04. The number of aliphatic imine (C=N–C) groups is 1. The lowest BCUT2D eigenvalue weighted by Crippen LogP contribution is -2.37. The zero-order chi connectivity index (χ0) is 14.5. The first kappa shape index (κ1) is 14.2. The van der Waals surface area contributed by atoms with Crippen molar-refractivity contribution in [2.24, 2.45) is 4.99 Å². The van der Waals surface area contributed by atoms with Crippen LogP contribution < -0.4 is 15.4 Å². The minimum absolute atomic E-state index is 0.360. The van der Waals surface area contributed by atoms with Gasteiger partial charge in [0.1, 0.15) is 11.3 Å². The molecule has 1 heterocycles. The van der Waals surface area contributed by atoms with Crippen molar-refractivity contribution >= 4 is 11.9 Å². The Morgan fingerprint density at radius 3 is 2.90 bits per heavy atom. The van der Waals surface area contributed by atoms with Gasteiger partial charge in [0.05, 0.1) is 20.8 Å². The van der Waals surface area contributed by atoms with Gasteiger partial charge in [-0.1, -0.05) is 6.07 Å². The summed E-state index contributed by atoms with van der Waals surface area (Å²) in [6.45, 7) is 3.42. The number of guanidine groups is 1. The van der Waals surface area contributed by atoms with Crippen LogP contribution in [0, 0.1) is 0 Å². The summed E-state index contributed by atoms with van der Waals surface area (Å²) in [6.07, 6.45) is 0. The molecule has 1 aliphatic heterocycles. The predicted octanol–water partition coefficient (Wildman–Crippen LogP) is 0.919. The van der Waals surface area contributed by atoms with Crippen molar-refractivity contribution in [2.45, 2.75) is 19.5 Å². The number of nitrogens with zero attached hydrogens (tertiary/aromatic N) is 1. The molecule has 0 amide bonds. The van der Waals surface area contributed by atoms with Crippen molar-refractivity contribution < 1.29 is 14.3 Å². The maximum absolute atomic E-state index is 11.7. The summed E-state index contributed by atoms with van der Waals surface area (Å²) in [5.74, 6) is 0.882. The van der Waals surface area contributed by atoms with Crippen molar-refractivity contribution in [3.05, 3.63) is 29.3 Å². The third kappa shape index (κ3) is 3.20. The summed E-state index contributed by atoms with van der Waals surface area (Å²) < 4.78 is 9.91. The van der Waals surface area contributed by atoms with Crippen LogP contribution in [0.3, 0.4) is 0 Å². The standard InChI is InChI=1S/C14H19N3O3/c1-9-7-15-14(17-9)16-8-10-4-5-12(19-2)11(6-10)13(18)20-3/h4-6,9H,7-8H2,1-3H3,(H2,15,16,17). The van der Waals surface area contributed by atoms with E-state index in [1.165, 1.54) is 14.2 Å². The number of hydrogen-bond donors (Lipinski definition) is 2. The lowest BCUT2D eigenvalue weighted by molar-refractivity contribution is 0.0597. The van der Waals surface area contributed by atoms with E-state index in [-0.39, 0.29) is 0 Å². The highest BCUT2D eigenvalue weighted by atomic mass is 16.5. The molecular formula is C14H19N3O3. The minimum Gasteiger partial charge on any atom is -0.496 e. The van der Waals surface area contributed by atoms with E-state index >= 15 is 0 Å². The molecule has 1 aliphatic rings. The van der Waals surface area contributed by atoms with Crippen molar-refractivity contribution in [2.75, 3.05) is 20.8 Å². The Labute approximate surface area is 118 Å². The second kappa shape index (κ2) is 6.27. The van der Waals surface area contributed by atoms with Gasteiger partial charge in [-0.2, -0.15) is 0 Å². The second-order valence-corrected chi connectivity index (χ2v) is 4.61. The lowest BCUT2D eigenvalue weighted by atomic mass is 10.1. The van der Waals surface area contributed by atoms with Gasteiger partial charge in [0.25, 0.3) is 0 Å². The molecule has 0 fully saturated rings. The molecule has 0 saturated heterocycles. The molecule has 1 aromatic rings. The summed E-state index contributed by atoms with van der Waals surface area (Å²) in [7, 11) is 2.88. The highest BCUT2D eigenvalue weighted by Gasteiger charge is 2.15. The molecule has 0 radical (unpaired) electrons. The van der Waals surface area contributed by atoms with Gasteiger partial charge in [0.2, 0.25) is 0 Å². The third-order valence-electron chi connectivity index (χ3n) is 3.04. The van der Waals surface area contributed by atoms with Gasteiger partial charge in [0.15, 0.2) is 5.96 Å². The van der Waals surface area contributed by atoms with E-state index < -0.39 is 5.97 Å². The highest BCUT2D eigenvalue weighted by molar-refractivity contribution is 5.92.